The Kier molecular flexibility index (Phi) is 8.92. The Balaban J connectivity index is 1.32. The number of unbranched alkanes of at least 4 members (excludes halogenated alkanes) is 1. The molecule has 0 aliphatic carbocycles. The number of thiazole rings is 1. The van der Waals surface area contributed by atoms with Gasteiger partial charge in [0.15, 0.2) is 5.58 Å². The number of hydrogen-bond donors (Lipinski definition) is 2. The Morgan fingerprint density at radius 2 is 1.75 bits per heavy atom. The lowest BCUT2D eigenvalue weighted by Gasteiger charge is -2.29. The van der Waals surface area contributed by atoms with Gasteiger partial charge in [0.1, 0.15) is 16.6 Å². The van der Waals surface area contributed by atoms with E-state index >= 15 is 0 Å². The molecular formula is C36H39N5O2S. The summed E-state index contributed by atoms with van der Waals surface area (Å²) < 4.78 is 6.26. The molecule has 0 saturated heterocycles. The van der Waals surface area contributed by atoms with Crippen molar-refractivity contribution in [2.45, 2.75) is 66.1 Å². The highest BCUT2D eigenvalue weighted by molar-refractivity contribution is 7.15. The summed E-state index contributed by atoms with van der Waals surface area (Å²) >= 11 is 1.83. The molecule has 2 N–H and O–H groups in total. The van der Waals surface area contributed by atoms with Crippen molar-refractivity contribution in [2.75, 3.05) is 19.7 Å². The lowest BCUT2D eigenvalue weighted by molar-refractivity contribution is 0.205. The smallest absolute Gasteiger partial charge is 0.227 e. The second-order valence-electron chi connectivity index (χ2n) is 11.9. The highest BCUT2D eigenvalue weighted by Crippen LogP contribution is 2.40. The largest absolute Gasteiger partial charge is 0.435 e. The highest BCUT2D eigenvalue weighted by Gasteiger charge is 2.24. The van der Waals surface area contributed by atoms with Gasteiger partial charge in [-0.15, -0.1) is 11.3 Å². The molecule has 0 spiro atoms. The molecule has 0 fully saturated rings. The van der Waals surface area contributed by atoms with Crippen molar-refractivity contribution >= 4 is 22.4 Å². The monoisotopic (exact) mass is 605 g/mol. The number of nitrogens with zero attached hydrogens (tertiary/aromatic N) is 4. The van der Waals surface area contributed by atoms with Crippen molar-refractivity contribution in [3.05, 3.63) is 81.4 Å². The molecule has 3 aromatic carbocycles. The van der Waals surface area contributed by atoms with E-state index in [0.29, 0.717) is 35.1 Å². The Labute approximate surface area is 263 Å². The van der Waals surface area contributed by atoms with Crippen molar-refractivity contribution < 1.29 is 9.52 Å². The van der Waals surface area contributed by atoms with E-state index in [0.717, 1.165) is 66.2 Å². The fourth-order valence-corrected chi connectivity index (χ4v) is 7.29. The molecule has 0 atom stereocenters. The summed E-state index contributed by atoms with van der Waals surface area (Å²) in [4.78, 5) is 13.9. The molecule has 0 amide bonds. The zero-order chi connectivity index (χ0) is 30.8. The van der Waals surface area contributed by atoms with E-state index in [1.54, 1.807) is 0 Å². The van der Waals surface area contributed by atoms with Gasteiger partial charge in [-0.2, -0.15) is 5.26 Å². The Morgan fingerprint density at radius 3 is 2.48 bits per heavy atom. The summed E-state index contributed by atoms with van der Waals surface area (Å²) in [5.41, 5.74) is 10.6. The van der Waals surface area contributed by atoms with Crippen molar-refractivity contribution in [1.82, 2.24) is 20.2 Å². The van der Waals surface area contributed by atoms with E-state index in [9.17, 15) is 5.26 Å². The summed E-state index contributed by atoms with van der Waals surface area (Å²) in [5, 5.41) is 23.4. The molecule has 1 aliphatic rings. The third kappa shape index (κ3) is 5.93. The number of aromatic nitrogens is 2. The molecule has 0 unspecified atom stereocenters. The molecule has 5 aromatic rings. The first-order valence-electron chi connectivity index (χ1n) is 15.5. The molecule has 8 heteroatoms. The van der Waals surface area contributed by atoms with Crippen molar-refractivity contribution in [2.24, 2.45) is 0 Å². The van der Waals surface area contributed by atoms with Crippen LogP contribution in [0.25, 0.3) is 44.3 Å². The van der Waals surface area contributed by atoms with Crippen molar-refractivity contribution in [3.63, 3.8) is 0 Å². The van der Waals surface area contributed by atoms with Gasteiger partial charge >= 0.3 is 0 Å². The number of aliphatic hydroxyl groups excluding tert-OH is 1. The summed E-state index contributed by atoms with van der Waals surface area (Å²) in [5.74, 6) is 0.514. The maximum atomic E-state index is 9.88. The number of benzene rings is 3. The minimum absolute atomic E-state index is 0.199. The number of oxazole rings is 1. The van der Waals surface area contributed by atoms with E-state index in [-0.39, 0.29) is 6.61 Å². The molecule has 226 valence electrons. The Hall–Kier alpha value is -3.87. The number of hydrogen-bond acceptors (Lipinski definition) is 8. The van der Waals surface area contributed by atoms with E-state index < -0.39 is 0 Å². The van der Waals surface area contributed by atoms with Gasteiger partial charge in [0.2, 0.25) is 5.89 Å². The molecule has 1 aliphatic heterocycles. The van der Waals surface area contributed by atoms with Gasteiger partial charge in [0, 0.05) is 54.7 Å². The number of rotatable bonds is 10. The SMILES string of the molecule is Cc1c(-c2nc3cc(CNCCCCO)cc(C#N)c3o2)cccc1-c1cccc(-c2nc3c(s2)CN(C(C)C)CC3)c1C. The molecule has 0 bridgehead atoms. The van der Waals surface area contributed by atoms with Crippen LogP contribution in [0.5, 0.6) is 0 Å². The Morgan fingerprint density at radius 1 is 1.02 bits per heavy atom. The average Bonchev–Trinajstić information content (AvgIpc) is 3.65. The van der Waals surface area contributed by atoms with Crippen LogP contribution in [0.15, 0.2) is 52.9 Å². The second-order valence-corrected chi connectivity index (χ2v) is 13.0. The molecule has 6 rings (SSSR count). The Bertz CT molecular complexity index is 1850. The number of aliphatic hydroxyl groups is 1. The quantitative estimate of drug-likeness (QED) is 0.160. The van der Waals surface area contributed by atoms with E-state index in [1.165, 1.54) is 27.3 Å². The molecule has 2 aromatic heterocycles. The number of nitriles is 1. The fourth-order valence-electron chi connectivity index (χ4n) is 6.08. The van der Waals surface area contributed by atoms with Crippen LogP contribution in [0.3, 0.4) is 0 Å². The maximum absolute atomic E-state index is 9.88. The third-order valence-corrected chi connectivity index (χ3v) is 9.79. The standard InChI is InChI=1S/C36H39N5O2S/c1-22(2)41-15-13-31-33(21-41)44-36(40-31)30-12-8-10-28(24(30)4)27-9-7-11-29(23(27)3)35-39-32-18-25(20-38-14-5-6-16-42)17-26(19-37)34(32)43-35/h7-12,17-18,22,38,42H,5-6,13-16,20-21H2,1-4H3. The highest BCUT2D eigenvalue weighted by atomic mass is 32.1. The first kappa shape index (κ1) is 30.2. The van der Waals surface area contributed by atoms with Crippen LogP contribution < -0.4 is 5.32 Å². The fraction of sp³-hybridized carbons (Fsp3) is 0.361. The van der Waals surface area contributed by atoms with Gasteiger partial charge in [-0.3, -0.25) is 4.90 Å². The summed E-state index contributed by atoms with van der Waals surface area (Å²) in [6, 6.07) is 19.4. The van der Waals surface area contributed by atoms with Crippen LogP contribution in [0, 0.1) is 25.2 Å². The zero-order valence-electron chi connectivity index (χ0n) is 25.9. The minimum atomic E-state index is 0.199. The van der Waals surface area contributed by atoms with Crippen LogP contribution in [0.1, 0.15) is 59.5 Å². The second kappa shape index (κ2) is 13.0. The third-order valence-electron chi connectivity index (χ3n) is 8.67. The van der Waals surface area contributed by atoms with Crippen LogP contribution >= 0.6 is 11.3 Å². The number of nitrogens with one attached hydrogen (secondary N) is 1. The lowest BCUT2D eigenvalue weighted by Crippen LogP contribution is -2.35. The van der Waals surface area contributed by atoms with Crippen LogP contribution in [-0.2, 0) is 19.5 Å². The minimum Gasteiger partial charge on any atom is -0.435 e. The van der Waals surface area contributed by atoms with Gasteiger partial charge in [-0.1, -0.05) is 30.3 Å². The van der Waals surface area contributed by atoms with Gasteiger partial charge in [0.05, 0.1) is 11.3 Å². The van der Waals surface area contributed by atoms with E-state index in [2.05, 4.69) is 68.2 Å². The maximum Gasteiger partial charge on any atom is 0.227 e. The first-order chi connectivity index (χ1) is 21.4. The summed E-state index contributed by atoms with van der Waals surface area (Å²) in [6.45, 7) is 12.5. The average molecular weight is 606 g/mol. The number of fused-ring (bicyclic) bond motifs is 2. The first-order valence-corrected chi connectivity index (χ1v) is 16.3. The molecule has 7 nitrogen and oxygen atoms in total. The topological polar surface area (TPSA) is 98.2 Å². The summed E-state index contributed by atoms with van der Waals surface area (Å²) in [7, 11) is 0. The molecule has 44 heavy (non-hydrogen) atoms. The lowest BCUT2D eigenvalue weighted by atomic mass is 9.91. The van der Waals surface area contributed by atoms with Gasteiger partial charge in [-0.25, -0.2) is 9.97 Å². The molecule has 3 heterocycles. The molecule has 0 saturated carbocycles. The van der Waals surface area contributed by atoms with Gasteiger partial charge in [-0.05, 0) is 93.1 Å². The van der Waals surface area contributed by atoms with Crippen molar-refractivity contribution in [3.8, 4) is 39.2 Å². The van der Waals surface area contributed by atoms with E-state index in [1.807, 2.05) is 35.6 Å². The summed E-state index contributed by atoms with van der Waals surface area (Å²) in [6.07, 6.45) is 2.68. The normalized spacial score (nSPS) is 13.5. The van der Waals surface area contributed by atoms with Crippen LogP contribution in [0.4, 0.5) is 0 Å². The molecule has 0 radical (unpaired) electrons. The predicted octanol–water partition coefficient (Wildman–Crippen LogP) is 7.40. The van der Waals surface area contributed by atoms with Crippen LogP contribution in [-0.4, -0.2) is 45.7 Å². The zero-order valence-corrected chi connectivity index (χ0v) is 26.7. The predicted molar refractivity (Wildman–Crippen MR) is 177 cm³/mol. The molecular weight excluding hydrogens is 566 g/mol. The van der Waals surface area contributed by atoms with Crippen molar-refractivity contribution in [1.29, 1.82) is 5.26 Å². The van der Waals surface area contributed by atoms with Crippen LogP contribution in [0.2, 0.25) is 0 Å². The van der Waals surface area contributed by atoms with Gasteiger partial charge < -0.3 is 14.8 Å². The van der Waals surface area contributed by atoms with Gasteiger partial charge in [0.25, 0.3) is 0 Å². The van der Waals surface area contributed by atoms with E-state index in [4.69, 9.17) is 19.5 Å².